The fourth-order valence-corrected chi connectivity index (χ4v) is 2.98. The summed E-state index contributed by atoms with van der Waals surface area (Å²) in [5.74, 6) is 2.10. The van der Waals surface area contributed by atoms with Gasteiger partial charge in [-0.1, -0.05) is 41.9 Å². The van der Waals surface area contributed by atoms with Gasteiger partial charge in [0.25, 0.3) is 0 Å². The number of hydrogen-bond donors (Lipinski definition) is 2. The second-order valence-corrected chi connectivity index (χ2v) is 6.72. The number of aromatic amines is 1. The third kappa shape index (κ3) is 3.17. The van der Waals surface area contributed by atoms with Gasteiger partial charge < -0.3 is 5.73 Å². The molecule has 0 aliphatic heterocycles. The van der Waals surface area contributed by atoms with Crippen LogP contribution in [0.15, 0.2) is 42.6 Å². The number of hydrogen-bond acceptors (Lipinski definition) is 5. The van der Waals surface area contributed by atoms with Crippen LogP contribution in [-0.2, 0) is 0 Å². The molecular formula is C18H19ClN6. The third-order valence-corrected chi connectivity index (χ3v) is 4.78. The number of nitrogen functional groups attached to an aromatic ring is 1. The van der Waals surface area contributed by atoms with Crippen molar-refractivity contribution in [3.8, 4) is 0 Å². The number of halogens is 1. The molecule has 1 aromatic carbocycles. The number of anilines is 3. The number of H-pyrrole nitrogens is 1. The Morgan fingerprint density at radius 3 is 2.72 bits per heavy atom. The second kappa shape index (κ2) is 6.37. The first-order valence-corrected chi connectivity index (χ1v) is 8.69. The maximum absolute atomic E-state index is 5.99. The Bertz CT molecular complexity index is 874. The molecule has 3 aromatic rings. The van der Waals surface area contributed by atoms with Crippen LogP contribution < -0.4 is 10.6 Å². The molecule has 6 nitrogen and oxygen atoms in total. The smallest absolute Gasteiger partial charge is 0.233 e. The molecular weight excluding hydrogens is 336 g/mol. The molecule has 0 amide bonds. The summed E-state index contributed by atoms with van der Waals surface area (Å²) in [4.78, 5) is 10.7. The Labute approximate surface area is 151 Å². The van der Waals surface area contributed by atoms with Crippen LogP contribution >= 0.6 is 11.6 Å². The highest BCUT2D eigenvalue weighted by molar-refractivity contribution is 6.32. The second-order valence-electron chi connectivity index (χ2n) is 6.32. The first-order chi connectivity index (χ1) is 12.1. The predicted octanol–water partition coefficient (Wildman–Crippen LogP) is 4.21. The van der Waals surface area contributed by atoms with E-state index in [1.807, 2.05) is 23.1 Å². The zero-order valence-electron chi connectivity index (χ0n) is 13.9. The van der Waals surface area contributed by atoms with Crippen molar-refractivity contribution in [1.82, 2.24) is 20.2 Å². The average Bonchev–Trinajstić information content (AvgIpc) is 3.37. The normalized spacial score (nSPS) is 15.1. The van der Waals surface area contributed by atoms with E-state index in [0.29, 0.717) is 16.9 Å². The molecule has 1 saturated carbocycles. The molecule has 128 valence electrons. The molecule has 0 radical (unpaired) electrons. The molecule has 1 aliphatic carbocycles. The van der Waals surface area contributed by atoms with Gasteiger partial charge in [0.05, 0.1) is 12.2 Å². The fourth-order valence-electron chi connectivity index (χ4n) is 2.89. The zero-order chi connectivity index (χ0) is 17.4. The van der Waals surface area contributed by atoms with Gasteiger partial charge in [-0.15, -0.1) is 0 Å². The van der Waals surface area contributed by atoms with Crippen LogP contribution in [0.1, 0.15) is 43.0 Å². The molecule has 2 heterocycles. The summed E-state index contributed by atoms with van der Waals surface area (Å²) in [6.07, 6.45) is 3.94. The van der Waals surface area contributed by atoms with E-state index in [1.165, 1.54) is 19.0 Å². The maximum atomic E-state index is 5.99. The van der Waals surface area contributed by atoms with Crippen molar-refractivity contribution in [3.63, 3.8) is 0 Å². The quantitative estimate of drug-likeness (QED) is 0.717. The van der Waals surface area contributed by atoms with Gasteiger partial charge in [0.15, 0.2) is 5.82 Å². The molecule has 1 aliphatic rings. The Hall–Kier alpha value is -2.60. The van der Waals surface area contributed by atoms with E-state index >= 15 is 0 Å². The highest BCUT2D eigenvalue weighted by Crippen LogP contribution is 2.41. The van der Waals surface area contributed by atoms with Crippen molar-refractivity contribution in [2.45, 2.75) is 31.7 Å². The summed E-state index contributed by atoms with van der Waals surface area (Å²) in [7, 11) is 0. The number of benzene rings is 1. The van der Waals surface area contributed by atoms with Crippen LogP contribution in [0.5, 0.6) is 0 Å². The molecule has 1 atom stereocenters. The van der Waals surface area contributed by atoms with Crippen LogP contribution in [0, 0.1) is 0 Å². The van der Waals surface area contributed by atoms with Crippen molar-refractivity contribution >= 4 is 29.2 Å². The first-order valence-electron chi connectivity index (χ1n) is 8.31. The lowest BCUT2D eigenvalue weighted by atomic mass is 10.1. The SMILES string of the molecule is CC(c1ccccc1)N(c1cc(C2CC2)[nH]n1)c1ncc(Cl)c(N)n1. The van der Waals surface area contributed by atoms with Gasteiger partial charge in [0.2, 0.25) is 5.95 Å². The number of aromatic nitrogens is 4. The lowest BCUT2D eigenvalue weighted by molar-refractivity contribution is 0.736. The Morgan fingerprint density at radius 2 is 2.04 bits per heavy atom. The number of rotatable bonds is 5. The van der Waals surface area contributed by atoms with Crippen molar-refractivity contribution < 1.29 is 0 Å². The summed E-state index contributed by atoms with van der Waals surface area (Å²) in [6.45, 7) is 2.09. The van der Waals surface area contributed by atoms with E-state index < -0.39 is 0 Å². The van der Waals surface area contributed by atoms with Crippen LogP contribution in [0.3, 0.4) is 0 Å². The highest BCUT2D eigenvalue weighted by Gasteiger charge is 2.29. The third-order valence-electron chi connectivity index (χ3n) is 4.49. The van der Waals surface area contributed by atoms with E-state index in [4.69, 9.17) is 17.3 Å². The van der Waals surface area contributed by atoms with Crippen LogP contribution in [0.2, 0.25) is 5.02 Å². The molecule has 25 heavy (non-hydrogen) atoms. The summed E-state index contributed by atoms with van der Waals surface area (Å²) >= 11 is 5.99. The van der Waals surface area contributed by atoms with Gasteiger partial charge in [-0.05, 0) is 25.3 Å². The molecule has 0 bridgehead atoms. The molecule has 2 aromatic heterocycles. The summed E-state index contributed by atoms with van der Waals surface area (Å²) in [6, 6.07) is 12.2. The first kappa shape index (κ1) is 15.9. The summed E-state index contributed by atoms with van der Waals surface area (Å²) in [5.41, 5.74) is 8.19. The van der Waals surface area contributed by atoms with E-state index in [1.54, 1.807) is 0 Å². The largest absolute Gasteiger partial charge is 0.382 e. The minimum absolute atomic E-state index is 0.0165. The standard InChI is InChI=1S/C18H19ClN6/c1-11(12-5-3-2-4-6-12)25(18-21-10-14(19)17(20)22-18)16-9-15(23-24-16)13-7-8-13/h2-6,9-11,13H,7-8H2,1H3,(H,23,24)(H2,20,21,22). The van der Waals surface area contributed by atoms with Gasteiger partial charge in [0, 0.05) is 17.7 Å². The van der Waals surface area contributed by atoms with Crippen LogP contribution in [0.25, 0.3) is 0 Å². The van der Waals surface area contributed by atoms with Gasteiger partial charge in [0.1, 0.15) is 10.8 Å². The van der Waals surface area contributed by atoms with E-state index in [9.17, 15) is 0 Å². The van der Waals surface area contributed by atoms with Gasteiger partial charge >= 0.3 is 0 Å². The highest BCUT2D eigenvalue weighted by atomic mass is 35.5. The predicted molar refractivity (Wildman–Crippen MR) is 99.0 cm³/mol. The van der Waals surface area contributed by atoms with Gasteiger partial charge in [-0.2, -0.15) is 10.1 Å². The molecule has 3 N–H and O–H groups in total. The molecule has 0 spiro atoms. The monoisotopic (exact) mass is 354 g/mol. The van der Waals surface area contributed by atoms with Crippen LogP contribution in [-0.4, -0.2) is 20.2 Å². The molecule has 1 unspecified atom stereocenters. The minimum atomic E-state index is -0.0165. The van der Waals surface area contributed by atoms with E-state index in [0.717, 1.165) is 17.1 Å². The summed E-state index contributed by atoms with van der Waals surface area (Å²) in [5, 5.41) is 7.99. The van der Waals surface area contributed by atoms with Crippen LogP contribution in [0.4, 0.5) is 17.6 Å². The van der Waals surface area contributed by atoms with E-state index in [2.05, 4.69) is 45.3 Å². The maximum Gasteiger partial charge on any atom is 0.233 e. The fraction of sp³-hybridized carbons (Fsp3) is 0.278. The van der Waals surface area contributed by atoms with Crippen molar-refractivity contribution in [2.75, 3.05) is 10.6 Å². The topological polar surface area (TPSA) is 83.7 Å². The number of nitrogens with zero attached hydrogens (tertiary/aromatic N) is 4. The zero-order valence-corrected chi connectivity index (χ0v) is 14.6. The minimum Gasteiger partial charge on any atom is -0.382 e. The molecule has 4 rings (SSSR count). The van der Waals surface area contributed by atoms with Crippen molar-refractivity contribution in [2.24, 2.45) is 0 Å². The Balaban J connectivity index is 1.77. The molecule has 1 fully saturated rings. The molecule has 0 saturated heterocycles. The number of nitrogens with one attached hydrogen (secondary N) is 1. The lowest BCUT2D eigenvalue weighted by Gasteiger charge is -2.27. The van der Waals surface area contributed by atoms with Crippen molar-refractivity contribution in [1.29, 1.82) is 0 Å². The van der Waals surface area contributed by atoms with Crippen molar-refractivity contribution in [3.05, 3.63) is 58.9 Å². The average molecular weight is 355 g/mol. The summed E-state index contributed by atoms with van der Waals surface area (Å²) < 4.78 is 0. The number of nitrogens with two attached hydrogens (primary N) is 1. The van der Waals surface area contributed by atoms with Gasteiger partial charge in [-0.3, -0.25) is 10.00 Å². The van der Waals surface area contributed by atoms with E-state index in [-0.39, 0.29) is 11.9 Å². The molecule has 7 heteroatoms. The Morgan fingerprint density at radius 1 is 1.28 bits per heavy atom. The lowest BCUT2D eigenvalue weighted by Crippen LogP contribution is -2.24. The van der Waals surface area contributed by atoms with Gasteiger partial charge in [-0.25, -0.2) is 4.98 Å². The Kier molecular flexibility index (Phi) is 4.05.